The highest BCUT2D eigenvalue weighted by Crippen LogP contribution is 2.32. The van der Waals surface area contributed by atoms with Crippen LogP contribution in [0.1, 0.15) is 74.6 Å². The molecule has 0 saturated heterocycles. The smallest absolute Gasteiger partial charge is 0.254 e. The van der Waals surface area contributed by atoms with Crippen molar-refractivity contribution in [2.45, 2.75) is 76.3 Å². The molecular formula is C29H34N2O2. The van der Waals surface area contributed by atoms with Crippen molar-refractivity contribution < 1.29 is 9.53 Å². The largest absolute Gasteiger partial charge is 0.481 e. The molecule has 0 atom stereocenters. The van der Waals surface area contributed by atoms with Crippen LogP contribution in [0.3, 0.4) is 0 Å². The number of hydrogen-bond acceptors (Lipinski definition) is 3. The lowest BCUT2D eigenvalue weighted by atomic mass is 9.88. The van der Waals surface area contributed by atoms with Gasteiger partial charge in [0.1, 0.15) is 0 Å². The molecule has 33 heavy (non-hydrogen) atoms. The zero-order chi connectivity index (χ0) is 22.6. The Morgan fingerprint density at radius 2 is 1.39 bits per heavy atom. The Hall–Kier alpha value is -2.88. The van der Waals surface area contributed by atoms with Crippen LogP contribution < -0.4 is 4.74 Å². The summed E-state index contributed by atoms with van der Waals surface area (Å²) in [7, 11) is 1.63. The summed E-state index contributed by atoms with van der Waals surface area (Å²) in [6.07, 6.45) is 12.3. The van der Waals surface area contributed by atoms with Crippen LogP contribution in [0.5, 0.6) is 5.88 Å². The number of rotatable bonds is 5. The molecule has 2 aliphatic rings. The van der Waals surface area contributed by atoms with E-state index in [-0.39, 0.29) is 5.91 Å². The first-order valence-electron chi connectivity index (χ1n) is 12.6. The molecule has 1 heterocycles. The molecule has 2 fully saturated rings. The Bertz CT molecular complexity index is 1080. The van der Waals surface area contributed by atoms with E-state index in [9.17, 15) is 4.79 Å². The summed E-state index contributed by atoms with van der Waals surface area (Å²) in [4.78, 5) is 20.5. The van der Waals surface area contributed by atoms with Gasteiger partial charge in [-0.15, -0.1) is 0 Å². The molecule has 0 aliphatic heterocycles. The quantitative estimate of drug-likeness (QED) is 0.426. The van der Waals surface area contributed by atoms with E-state index in [1.54, 1.807) is 7.11 Å². The number of hydrogen-bond donors (Lipinski definition) is 0. The molecule has 3 aromatic rings. The highest BCUT2D eigenvalue weighted by atomic mass is 16.5. The number of pyridine rings is 1. The number of ether oxygens (including phenoxy) is 1. The molecule has 5 rings (SSSR count). The molecule has 0 radical (unpaired) electrons. The summed E-state index contributed by atoms with van der Waals surface area (Å²) in [5.41, 5.74) is 3.98. The van der Waals surface area contributed by atoms with Crippen molar-refractivity contribution in [2.24, 2.45) is 0 Å². The fourth-order valence-corrected chi connectivity index (χ4v) is 5.70. The molecule has 1 aromatic heterocycles. The zero-order valence-electron chi connectivity index (χ0n) is 19.6. The van der Waals surface area contributed by atoms with Crippen LogP contribution in [0.4, 0.5) is 0 Å². The number of benzene rings is 2. The van der Waals surface area contributed by atoms with Gasteiger partial charge in [-0.2, -0.15) is 0 Å². The Labute approximate surface area is 197 Å². The van der Waals surface area contributed by atoms with E-state index in [4.69, 9.17) is 4.74 Å². The van der Waals surface area contributed by atoms with Crippen LogP contribution in [0.25, 0.3) is 22.0 Å². The highest BCUT2D eigenvalue weighted by molar-refractivity contribution is 5.95. The summed E-state index contributed by atoms with van der Waals surface area (Å²) in [5, 5.41) is 1.08. The monoisotopic (exact) mass is 442 g/mol. The minimum Gasteiger partial charge on any atom is -0.481 e. The van der Waals surface area contributed by atoms with Gasteiger partial charge in [0.05, 0.1) is 12.6 Å². The standard InChI is InChI=1S/C29H34N2O2/c1-33-28-19-17-24-20-23(16-18-27(24)30-28)21-12-14-22(15-13-21)29(32)31(25-8-4-2-5-9-25)26-10-6-3-7-11-26/h12-20,25-26H,2-11H2,1H3. The lowest BCUT2D eigenvalue weighted by molar-refractivity contribution is 0.0448. The minimum absolute atomic E-state index is 0.232. The normalized spacial score (nSPS) is 17.7. The average Bonchev–Trinajstić information content (AvgIpc) is 2.89. The van der Waals surface area contributed by atoms with Gasteiger partial charge in [0.15, 0.2) is 0 Å². The second-order valence-electron chi connectivity index (χ2n) is 9.63. The first kappa shape index (κ1) is 21.9. The van der Waals surface area contributed by atoms with Crippen molar-refractivity contribution in [3.05, 3.63) is 60.2 Å². The van der Waals surface area contributed by atoms with E-state index >= 15 is 0 Å². The molecule has 2 aromatic carbocycles. The molecule has 2 aliphatic carbocycles. The molecule has 4 nitrogen and oxygen atoms in total. The second kappa shape index (κ2) is 9.94. The maximum Gasteiger partial charge on any atom is 0.254 e. The van der Waals surface area contributed by atoms with E-state index in [0.717, 1.165) is 53.3 Å². The van der Waals surface area contributed by atoms with Crippen LogP contribution in [-0.2, 0) is 0 Å². The van der Waals surface area contributed by atoms with Crippen molar-refractivity contribution in [1.82, 2.24) is 9.88 Å². The average molecular weight is 443 g/mol. The summed E-state index contributed by atoms with van der Waals surface area (Å²) in [6.45, 7) is 0. The summed E-state index contributed by atoms with van der Waals surface area (Å²) >= 11 is 0. The van der Waals surface area contributed by atoms with Gasteiger partial charge in [-0.3, -0.25) is 4.79 Å². The van der Waals surface area contributed by atoms with E-state index in [1.165, 1.54) is 38.5 Å². The van der Waals surface area contributed by atoms with Gasteiger partial charge in [0.25, 0.3) is 5.91 Å². The van der Waals surface area contributed by atoms with Crippen molar-refractivity contribution >= 4 is 16.8 Å². The first-order valence-corrected chi connectivity index (χ1v) is 12.6. The number of fused-ring (bicyclic) bond motifs is 1. The van der Waals surface area contributed by atoms with Crippen LogP contribution in [0.15, 0.2) is 54.6 Å². The lowest BCUT2D eigenvalue weighted by Crippen LogP contribution is -2.48. The summed E-state index contributed by atoms with van der Waals surface area (Å²) in [5.74, 6) is 0.855. The number of carbonyl (C=O) groups excluding carboxylic acids is 1. The van der Waals surface area contributed by atoms with E-state index in [0.29, 0.717) is 18.0 Å². The van der Waals surface area contributed by atoms with Crippen molar-refractivity contribution in [2.75, 3.05) is 7.11 Å². The Morgan fingerprint density at radius 3 is 2.00 bits per heavy atom. The fourth-order valence-electron chi connectivity index (χ4n) is 5.70. The molecule has 1 amide bonds. The van der Waals surface area contributed by atoms with Crippen molar-refractivity contribution in [3.8, 4) is 17.0 Å². The number of nitrogens with zero attached hydrogens (tertiary/aromatic N) is 2. The van der Waals surface area contributed by atoms with Crippen molar-refractivity contribution in [1.29, 1.82) is 0 Å². The van der Waals surface area contributed by atoms with Gasteiger partial charge in [-0.05, 0) is 67.1 Å². The molecule has 2 saturated carbocycles. The highest BCUT2D eigenvalue weighted by Gasteiger charge is 2.32. The molecule has 0 bridgehead atoms. The third kappa shape index (κ3) is 4.75. The van der Waals surface area contributed by atoms with E-state index in [2.05, 4.69) is 34.1 Å². The number of amides is 1. The van der Waals surface area contributed by atoms with Gasteiger partial charge in [0, 0.05) is 29.1 Å². The van der Waals surface area contributed by atoms with Gasteiger partial charge in [-0.1, -0.05) is 56.7 Å². The molecule has 172 valence electrons. The fraction of sp³-hybridized carbons (Fsp3) is 0.448. The second-order valence-corrected chi connectivity index (χ2v) is 9.63. The minimum atomic E-state index is 0.232. The van der Waals surface area contributed by atoms with E-state index in [1.807, 2.05) is 30.3 Å². The molecule has 0 N–H and O–H groups in total. The maximum absolute atomic E-state index is 13.7. The van der Waals surface area contributed by atoms with Crippen LogP contribution in [-0.4, -0.2) is 35.0 Å². The summed E-state index contributed by atoms with van der Waals surface area (Å²) in [6, 6.07) is 19.2. The maximum atomic E-state index is 13.7. The third-order valence-electron chi connectivity index (χ3n) is 7.51. The Kier molecular flexibility index (Phi) is 6.61. The topological polar surface area (TPSA) is 42.4 Å². The summed E-state index contributed by atoms with van der Waals surface area (Å²) < 4.78 is 5.23. The third-order valence-corrected chi connectivity index (χ3v) is 7.51. The van der Waals surface area contributed by atoms with Gasteiger partial charge in [0.2, 0.25) is 5.88 Å². The van der Waals surface area contributed by atoms with Gasteiger partial charge >= 0.3 is 0 Å². The van der Waals surface area contributed by atoms with Gasteiger partial charge < -0.3 is 9.64 Å². The number of aromatic nitrogens is 1. The van der Waals surface area contributed by atoms with Gasteiger partial charge in [-0.25, -0.2) is 4.98 Å². The SMILES string of the molecule is COc1ccc2cc(-c3ccc(C(=O)N(C4CCCCC4)C4CCCCC4)cc3)ccc2n1. The number of methoxy groups -OCH3 is 1. The van der Waals surface area contributed by atoms with Crippen LogP contribution >= 0.6 is 0 Å². The predicted octanol–water partition coefficient (Wildman–Crippen LogP) is 7.02. The Balaban J connectivity index is 1.39. The van der Waals surface area contributed by atoms with Crippen LogP contribution in [0.2, 0.25) is 0 Å². The predicted molar refractivity (Wildman–Crippen MR) is 134 cm³/mol. The first-order chi connectivity index (χ1) is 16.2. The zero-order valence-corrected chi connectivity index (χ0v) is 19.6. The van der Waals surface area contributed by atoms with Crippen LogP contribution in [0, 0.1) is 0 Å². The number of carbonyl (C=O) groups is 1. The molecule has 4 heteroatoms. The molecule has 0 spiro atoms. The molecular weight excluding hydrogens is 408 g/mol. The molecule has 0 unspecified atom stereocenters. The van der Waals surface area contributed by atoms with E-state index < -0.39 is 0 Å². The Morgan fingerprint density at radius 1 is 0.788 bits per heavy atom. The van der Waals surface area contributed by atoms with Crippen molar-refractivity contribution in [3.63, 3.8) is 0 Å². The lowest BCUT2D eigenvalue weighted by Gasteiger charge is -2.42.